The quantitative estimate of drug-likeness (QED) is 0.802. The Balaban J connectivity index is 2.02. The second-order valence-electron chi connectivity index (χ2n) is 6.01. The van der Waals surface area contributed by atoms with Crippen LogP contribution in [0.15, 0.2) is 29.0 Å². The number of rotatable bonds is 1. The smallest absolute Gasteiger partial charge is 0.112 e. The highest BCUT2D eigenvalue weighted by atomic mass is 79.9. The van der Waals surface area contributed by atoms with Gasteiger partial charge in [-0.25, -0.2) is 0 Å². The summed E-state index contributed by atoms with van der Waals surface area (Å²) in [4.78, 5) is 13.8. The molecule has 3 rings (SSSR count). The van der Waals surface area contributed by atoms with Crippen molar-refractivity contribution >= 4 is 32.7 Å². The van der Waals surface area contributed by atoms with Gasteiger partial charge in [-0.05, 0) is 49.0 Å². The van der Waals surface area contributed by atoms with Gasteiger partial charge in [0.15, 0.2) is 0 Å². The number of hydrogen-bond acceptors (Lipinski definition) is 4. The number of hydrogen-bond donors (Lipinski definition) is 0. The Kier molecular flexibility index (Phi) is 3.42. The Morgan fingerprint density at radius 2 is 2.05 bits per heavy atom. The van der Waals surface area contributed by atoms with Crippen LogP contribution in [0.5, 0.6) is 0 Å². The van der Waals surface area contributed by atoms with E-state index in [1.54, 1.807) is 0 Å². The predicted molar refractivity (Wildman–Crippen MR) is 86.2 cm³/mol. The molecule has 1 fully saturated rings. The van der Waals surface area contributed by atoms with Gasteiger partial charge in [0.25, 0.3) is 0 Å². The van der Waals surface area contributed by atoms with Gasteiger partial charge in [0.05, 0.1) is 11.2 Å². The normalized spacial score (nSPS) is 19.5. The minimum Gasteiger partial charge on any atom is -0.367 e. The molecule has 1 aliphatic heterocycles. The van der Waals surface area contributed by atoms with Crippen LogP contribution in [0.25, 0.3) is 11.0 Å². The first-order chi connectivity index (χ1) is 9.47. The number of piperazine rings is 1. The van der Waals surface area contributed by atoms with Crippen LogP contribution >= 0.6 is 15.9 Å². The molecule has 0 amide bonds. The first-order valence-corrected chi connectivity index (χ1v) is 7.63. The Morgan fingerprint density at radius 3 is 2.80 bits per heavy atom. The first kappa shape index (κ1) is 13.8. The molecule has 3 heterocycles. The molecule has 0 aromatic carbocycles. The summed E-state index contributed by atoms with van der Waals surface area (Å²) in [6.07, 6.45) is 3.71. The average Bonchev–Trinajstić information content (AvgIpc) is 2.41. The number of aromatic nitrogens is 2. The Labute approximate surface area is 127 Å². The number of halogens is 1. The first-order valence-electron chi connectivity index (χ1n) is 6.84. The maximum Gasteiger partial charge on any atom is 0.112 e. The molecule has 0 unspecified atom stereocenters. The molecular weight excluding hydrogens is 316 g/mol. The third-order valence-corrected chi connectivity index (χ3v) is 4.61. The van der Waals surface area contributed by atoms with Gasteiger partial charge in [0.2, 0.25) is 0 Å². The third kappa shape index (κ3) is 2.40. The zero-order chi connectivity index (χ0) is 14.3. The lowest BCUT2D eigenvalue weighted by atomic mass is 9.99. The third-order valence-electron chi connectivity index (χ3n) is 4.18. The summed E-state index contributed by atoms with van der Waals surface area (Å²) in [5.41, 5.74) is 3.27. The van der Waals surface area contributed by atoms with E-state index in [-0.39, 0.29) is 5.54 Å². The van der Waals surface area contributed by atoms with E-state index >= 15 is 0 Å². The minimum absolute atomic E-state index is 0.170. The van der Waals surface area contributed by atoms with Crippen LogP contribution in [0.2, 0.25) is 0 Å². The number of anilines is 1. The molecule has 5 heteroatoms. The van der Waals surface area contributed by atoms with Crippen LogP contribution in [0.3, 0.4) is 0 Å². The maximum absolute atomic E-state index is 4.56. The second kappa shape index (κ2) is 4.97. The zero-order valence-electron chi connectivity index (χ0n) is 12.1. The molecule has 106 valence electrons. The molecular formula is C15H19BrN4. The van der Waals surface area contributed by atoms with E-state index in [2.05, 4.69) is 62.7 Å². The second-order valence-corrected chi connectivity index (χ2v) is 6.92. The van der Waals surface area contributed by atoms with Gasteiger partial charge in [0.1, 0.15) is 5.52 Å². The summed E-state index contributed by atoms with van der Waals surface area (Å²) in [5.74, 6) is 0. The van der Waals surface area contributed by atoms with E-state index in [1.165, 1.54) is 5.69 Å². The number of pyridine rings is 2. The molecule has 0 bridgehead atoms. The highest BCUT2D eigenvalue weighted by Crippen LogP contribution is 2.29. The maximum atomic E-state index is 4.56. The van der Waals surface area contributed by atoms with Gasteiger partial charge in [-0.2, -0.15) is 0 Å². The van der Waals surface area contributed by atoms with Crippen LogP contribution in [0.1, 0.15) is 13.8 Å². The SMILES string of the molecule is CN1CCN(c2ccnc3cc(Br)cnc23)CC1(C)C. The van der Waals surface area contributed by atoms with Crippen molar-refractivity contribution in [3.63, 3.8) is 0 Å². The van der Waals surface area contributed by atoms with Crippen molar-refractivity contribution < 1.29 is 0 Å². The number of nitrogens with zero attached hydrogens (tertiary/aromatic N) is 4. The molecule has 0 spiro atoms. The van der Waals surface area contributed by atoms with Gasteiger partial charge in [-0.15, -0.1) is 0 Å². The molecule has 4 nitrogen and oxygen atoms in total. The van der Waals surface area contributed by atoms with Crippen LogP contribution in [-0.4, -0.2) is 47.1 Å². The number of likely N-dealkylation sites (N-methyl/N-ethyl adjacent to an activating group) is 1. The van der Waals surface area contributed by atoms with Crippen molar-refractivity contribution in [1.82, 2.24) is 14.9 Å². The lowest BCUT2D eigenvalue weighted by Crippen LogP contribution is -2.57. The van der Waals surface area contributed by atoms with E-state index in [0.29, 0.717) is 0 Å². The monoisotopic (exact) mass is 334 g/mol. The molecule has 0 radical (unpaired) electrons. The van der Waals surface area contributed by atoms with Crippen LogP contribution < -0.4 is 4.90 Å². The van der Waals surface area contributed by atoms with E-state index in [9.17, 15) is 0 Å². The lowest BCUT2D eigenvalue weighted by molar-refractivity contribution is 0.139. The van der Waals surface area contributed by atoms with Crippen molar-refractivity contribution in [2.75, 3.05) is 31.6 Å². The fourth-order valence-electron chi connectivity index (χ4n) is 2.69. The molecule has 2 aromatic heterocycles. The van der Waals surface area contributed by atoms with E-state index in [0.717, 1.165) is 35.1 Å². The predicted octanol–water partition coefficient (Wildman–Crippen LogP) is 2.92. The summed E-state index contributed by atoms with van der Waals surface area (Å²) in [6.45, 7) is 7.66. The molecule has 0 N–H and O–H groups in total. The van der Waals surface area contributed by atoms with E-state index in [1.807, 2.05) is 18.5 Å². The van der Waals surface area contributed by atoms with Gasteiger partial charge >= 0.3 is 0 Å². The summed E-state index contributed by atoms with van der Waals surface area (Å²) < 4.78 is 0.966. The Hall–Kier alpha value is -1.20. The fourth-order valence-corrected chi connectivity index (χ4v) is 3.01. The summed E-state index contributed by atoms with van der Waals surface area (Å²) in [6, 6.07) is 4.09. The van der Waals surface area contributed by atoms with Gasteiger partial charge in [0, 0.05) is 42.0 Å². The molecule has 1 saturated heterocycles. The molecule has 0 atom stereocenters. The fraction of sp³-hybridized carbons (Fsp3) is 0.467. The topological polar surface area (TPSA) is 32.3 Å². The van der Waals surface area contributed by atoms with E-state index in [4.69, 9.17) is 0 Å². The van der Waals surface area contributed by atoms with Crippen LogP contribution in [0.4, 0.5) is 5.69 Å². The van der Waals surface area contributed by atoms with Gasteiger partial charge < -0.3 is 4.90 Å². The Bertz CT molecular complexity index is 641. The highest BCUT2D eigenvalue weighted by Gasteiger charge is 2.31. The summed E-state index contributed by atoms with van der Waals surface area (Å²) in [7, 11) is 2.19. The average molecular weight is 335 g/mol. The van der Waals surface area contributed by atoms with Crippen molar-refractivity contribution in [1.29, 1.82) is 0 Å². The molecule has 0 aliphatic carbocycles. The lowest BCUT2D eigenvalue weighted by Gasteiger charge is -2.46. The van der Waals surface area contributed by atoms with Crippen molar-refractivity contribution in [2.24, 2.45) is 0 Å². The Morgan fingerprint density at radius 1 is 1.25 bits per heavy atom. The molecule has 0 saturated carbocycles. The van der Waals surface area contributed by atoms with Crippen LogP contribution in [-0.2, 0) is 0 Å². The van der Waals surface area contributed by atoms with Crippen LogP contribution in [0, 0.1) is 0 Å². The number of fused-ring (bicyclic) bond motifs is 1. The molecule has 20 heavy (non-hydrogen) atoms. The molecule has 2 aromatic rings. The van der Waals surface area contributed by atoms with Gasteiger partial charge in [-0.3, -0.25) is 14.9 Å². The van der Waals surface area contributed by atoms with E-state index < -0.39 is 0 Å². The standard InChI is InChI=1S/C15H19BrN4/c1-15(2)10-20(7-6-19(15)3)13-4-5-17-12-8-11(16)9-18-14(12)13/h4-5,8-9H,6-7,10H2,1-3H3. The minimum atomic E-state index is 0.170. The summed E-state index contributed by atoms with van der Waals surface area (Å²) >= 11 is 3.46. The zero-order valence-corrected chi connectivity index (χ0v) is 13.7. The van der Waals surface area contributed by atoms with Gasteiger partial charge in [-0.1, -0.05) is 0 Å². The molecule has 1 aliphatic rings. The van der Waals surface area contributed by atoms with Crippen molar-refractivity contribution in [3.05, 3.63) is 29.0 Å². The highest BCUT2D eigenvalue weighted by molar-refractivity contribution is 9.10. The van der Waals surface area contributed by atoms with Crippen molar-refractivity contribution in [2.45, 2.75) is 19.4 Å². The van der Waals surface area contributed by atoms with Crippen molar-refractivity contribution in [3.8, 4) is 0 Å². The largest absolute Gasteiger partial charge is 0.367 e. The summed E-state index contributed by atoms with van der Waals surface area (Å²) in [5, 5.41) is 0.